The van der Waals surface area contributed by atoms with E-state index < -0.39 is 0 Å². The molecule has 0 unspecified atom stereocenters. The second kappa shape index (κ2) is 8.78. The van der Waals surface area contributed by atoms with Crippen LogP contribution in [0.15, 0.2) is 36.4 Å². The van der Waals surface area contributed by atoms with Crippen molar-refractivity contribution in [2.45, 2.75) is 40.2 Å². The summed E-state index contributed by atoms with van der Waals surface area (Å²) in [5.74, 6) is 1.21. The molecule has 0 saturated heterocycles. The molecule has 5 nitrogen and oxygen atoms in total. The number of carbonyl (C=O) groups is 1. The third-order valence-electron chi connectivity index (χ3n) is 5.05. The normalized spacial score (nSPS) is 11.6. The second-order valence-corrected chi connectivity index (χ2v) is 8.20. The van der Waals surface area contributed by atoms with E-state index in [0.29, 0.717) is 24.8 Å². The van der Waals surface area contributed by atoms with Gasteiger partial charge in [0.2, 0.25) is 0 Å². The Bertz CT molecular complexity index is 1020. The molecule has 1 aromatic carbocycles. The number of carbonyl (C=O) groups excluding carboxylic acids is 1. The molecule has 2 heterocycles. The van der Waals surface area contributed by atoms with Crippen LogP contribution in [-0.4, -0.2) is 47.5 Å². The molecular formula is C24H31N3O2. The standard InChI is InChI=1S/C24H31N3O2/c1-16(2)22-14-21(29-11-10-26(5)6)12-19-13-23(18(4)28)27(24(19)22)15-20-9-7-8-17(3)25-20/h7-9,12-14,16H,10-11,15H2,1-6H3. The fourth-order valence-corrected chi connectivity index (χ4v) is 3.59. The van der Waals surface area contributed by atoms with E-state index in [1.165, 1.54) is 5.56 Å². The monoisotopic (exact) mass is 393 g/mol. The van der Waals surface area contributed by atoms with Crippen molar-refractivity contribution in [3.05, 3.63) is 59.0 Å². The summed E-state index contributed by atoms with van der Waals surface area (Å²) in [6, 6.07) is 12.2. The summed E-state index contributed by atoms with van der Waals surface area (Å²) < 4.78 is 8.12. The van der Waals surface area contributed by atoms with E-state index in [0.717, 1.165) is 34.6 Å². The van der Waals surface area contributed by atoms with Crippen LogP contribution in [0.5, 0.6) is 5.75 Å². The number of ketones is 1. The Kier molecular flexibility index (Phi) is 6.38. The Labute approximate surface area is 173 Å². The number of rotatable bonds is 8. The van der Waals surface area contributed by atoms with Crippen LogP contribution in [0.1, 0.15) is 54.1 Å². The lowest BCUT2D eigenvalue weighted by molar-refractivity contribution is 0.101. The van der Waals surface area contributed by atoms with Crippen LogP contribution in [0.4, 0.5) is 0 Å². The minimum absolute atomic E-state index is 0.0543. The van der Waals surface area contributed by atoms with E-state index in [2.05, 4.69) is 34.4 Å². The highest BCUT2D eigenvalue weighted by Gasteiger charge is 2.19. The molecule has 5 heteroatoms. The molecule has 0 N–H and O–H groups in total. The van der Waals surface area contributed by atoms with Crippen LogP contribution in [0.3, 0.4) is 0 Å². The molecule has 3 aromatic rings. The van der Waals surface area contributed by atoms with Gasteiger partial charge in [0.15, 0.2) is 5.78 Å². The largest absolute Gasteiger partial charge is 0.492 e. The average molecular weight is 394 g/mol. The first-order valence-electron chi connectivity index (χ1n) is 10.1. The molecule has 0 radical (unpaired) electrons. The number of hydrogen-bond acceptors (Lipinski definition) is 4. The molecular weight excluding hydrogens is 362 g/mol. The van der Waals surface area contributed by atoms with Gasteiger partial charge in [-0.05, 0) is 62.8 Å². The molecule has 0 amide bonds. The fraction of sp³-hybridized carbons (Fsp3) is 0.417. The number of aryl methyl sites for hydroxylation is 1. The summed E-state index contributed by atoms with van der Waals surface area (Å²) in [5, 5.41) is 1.04. The van der Waals surface area contributed by atoms with Crippen molar-refractivity contribution in [2.24, 2.45) is 0 Å². The highest BCUT2D eigenvalue weighted by Crippen LogP contribution is 2.33. The van der Waals surface area contributed by atoms with E-state index in [1.807, 2.05) is 51.4 Å². The van der Waals surface area contributed by atoms with E-state index in [9.17, 15) is 4.79 Å². The van der Waals surface area contributed by atoms with Crippen molar-refractivity contribution >= 4 is 16.7 Å². The smallest absolute Gasteiger partial charge is 0.176 e. The summed E-state index contributed by atoms with van der Waals surface area (Å²) in [7, 11) is 4.06. The van der Waals surface area contributed by atoms with Gasteiger partial charge >= 0.3 is 0 Å². The van der Waals surface area contributed by atoms with Gasteiger partial charge in [0.25, 0.3) is 0 Å². The molecule has 2 aromatic heterocycles. The molecule has 0 aliphatic rings. The molecule has 29 heavy (non-hydrogen) atoms. The third kappa shape index (κ3) is 4.85. The van der Waals surface area contributed by atoms with Crippen LogP contribution in [0.2, 0.25) is 0 Å². The summed E-state index contributed by atoms with van der Waals surface area (Å²) in [4.78, 5) is 19.2. The summed E-state index contributed by atoms with van der Waals surface area (Å²) in [6.07, 6.45) is 0. The van der Waals surface area contributed by atoms with Gasteiger partial charge in [-0.1, -0.05) is 19.9 Å². The average Bonchev–Trinajstić information content (AvgIpc) is 2.99. The summed E-state index contributed by atoms with van der Waals surface area (Å²) in [6.45, 7) is 10.0. The van der Waals surface area contributed by atoms with Crippen molar-refractivity contribution in [3.63, 3.8) is 0 Å². The minimum atomic E-state index is 0.0543. The Hall–Kier alpha value is -2.66. The highest BCUT2D eigenvalue weighted by atomic mass is 16.5. The SMILES string of the molecule is CC(=O)c1cc2cc(OCCN(C)C)cc(C(C)C)c2n1Cc1cccc(C)n1. The topological polar surface area (TPSA) is 47.4 Å². The van der Waals surface area contributed by atoms with Crippen molar-refractivity contribution in [1.82, 2.24) is 14.5 Å². The number of pyridine rings is 1. The van der Waals surface area contributed by atoms with Crippen LogP contribution in [0.25, 0.3) is 10.9 Å². The molecule has 154 valence electrons. The van der Waals surface area contributed by atoms with Gasteiger partial charge in [0, 0.05) is 24.5 Å². The van der Waals surface area contributed by atoms with E-state index in [-0.39, 0.29) is 5.78 Å². The lowest BCUT2D eigenvalue weighted by atomic mass is 10.00. The number of Topliss-reactive ketones (excluding diaryl/α,β-unsaturated/α-hetero) is 1. The number of hydrogen-bond donors (Lipinski definition) is 0. The van der Waals surface area contributed by atoms with Crippen molar-refractivity contribution in [2.75, 3.05) is 27.2 Å². The zero-order valence-electron chi connectivity index (χ0n) is 18.3. The molecule has 0 aliphatic carbocycles. The Balaban J connectivity index is 2.11. The molecule has 0 atom stereocenters. The Morgan fingerprint density at radius 3 is 2.59 bits per heavy atom. The first-order valence-corrected chi connectivity index (χ1v) is 10.1. The van der Waals surface area contributed by atoms with Gasteiger partial charge in [0.05, 0.1) is 23.4 Å². The number of likely N-dealkylation sites (N-methyl/N-ethyl adjacent to an activating group) is 1. The van der Waals surface area contributed by atoms with Gasteiger partial charge < -0.3 is 14.2 Å². The van der Waals surface area contributed by atoms with E-state index in [1.54, 1.807) is 6.92 Å². The van der Waals surface area contributed by atoms with Crippen LogP contribution < -0.4 is 4.74 Å². The van der Waals surface area contributed by atoms with Gasteiger partial charge in [0.1, 0.15) is 12.4 Å². The number of aromatic nitrogens is 2. The van der Waals surface area contributed by atoms with Gasteiger partial charge in [-0.15, -0.1) is 0 Å². The fourth-order valence-electron chi connectivity index (χ4n) is 3.59. The zero-order valence-corrected chi connectivity index (χ0v) is 18.3. The van der Waals surface area contributed by atoms with Gasteiger partial charge in [-0.25, -0.2) is 0 Å². The first-order chi connectivity index (χ1) is 13.8. The first kappa shape index (κ1) is 21.1. The number of benzene rings is 1. The number of ether oxygens (including phenoxy) is 1. The van der Waals surface area contributed by atoms with E-state index in [4.69, 9.17) is 4.74 Å². The molecule has 0 spiro atoms. The second-order valence-electron chi connectivity index (χ2n) is 8.20. The molecule has 0 bridgehead atoms. The summed E-state index contributed by atoms with van der Waals surface area (Å²) in [5.41, 5.74) is 4.90. The van der Waals surface area contributed by atoms with Gasteiger partial charge in [-0.2, -0.15) is 0 Å². The maximum atomic E-state index is 12.4. The molecule has 0 aliphatic heterocycles. The Morgan fingerprint density at radius 1 is 1.21 bits per heavy atom. The molecule has 3 rings (SSSR count). The number of nitrogens with zero attached hydrogens (tertiary/aromatic N) is 3. The van der Waals surface area contributed by atoms with Crippen molar-refractivity contribution in [1.29, 1.82) is 0 Å². The third-order valence-corrected chi connectivity index (χ3v) is 5.05. The maximum Gasteiger partial charge on any atom is 0.176 e. The van der Waals surface area contributed by atoms with Crippen molar-refractivity contribution < 1.29 is 9.53 Å². The summed E-state index contributed by atoms with van der Waals surface area (Å²) >= 11 is 0. The maximum absolute atomic E-state index is 12.4. The minimum Gasteiger partial charge on any atom is -0.492 e. The van der Waals surface area contributed by atoms with Gasteiger partial charge in [-0.3, -0.25) is 9.78 Å². The van der Waals surface area contributed by atoms with Crippen LogP contribution >= 0.6 is 0 Å². The molecule has 0 fully saturated rings. The predicted octanol–water partition coefficient (Wildman–Crippen LogP) is 4.66. The predicted molar refractivity (Wildman–Crippen MR) is 118 cm³/mol. The van der Waals surface area contributed by atoms with Crippen LogP contribution in [0, 0.1) is 6.92 Å². The van der Waals surface area contributed by atoms with Crippen LogP contribution in [-0.2, 0) is 6.54 Å². The van der Waals surface area contributed by atoms with Crippen molar-refractivity contribution in [3.8, 4) is 5.75 Å². The lowest BCUT2D eigenvalue weighted by Gasteiger charge is -2.17. The number of fused-ring (bicyclic) bond motifs is 1. The molecule has 0 saturated carbocycles. The zero-order chi connectivity index (χ0) is 21.1. The highest BCUT2D eigenvalue weighted by molar-refractivity contribution is 6.00. The Morgan fingerprint density at radius 2 is 1.97 bits per heavy atom. The van der Waals surface area contributed by atoms with E-state index >= 15 is 0 Å². The lowest BCUT2D eigenvalue weighted by Crippen LogP contribution is -2.19. The quantitative estimate of drug-likeness (QED) is 0.522.